The van der Waals surface area contributed by atoms with Crippen LogP contribution in [-0.2, 0) is 0 Å². The third-order valence-corrected chi connectivity index (χ3v) is 4.42. The van der Waals surface area contributed by atoms with Crippen molar-refractivity contribution in [2.45, 2.75) is 0 Å². The zero-order valence-electron chi connectivity index (χ0n) is 15.0. The smallest absolute Gasteiger partial charge is 0.259 e. The molecule has 0 bridgehead atoms. The summed E-state index contributed by atoms with van der Waals surface area (Å²) in [4.78, 5) is 24.1. The van der Waals surface area contributed by atoms with Crippen molar-refractivity contribution in [1.29, 1.82) is 10.5 Å². The highest BCUT2D eigenvalue weighted by Gasteiger charge is 2.28. The lowest BCUT2D eigenvalue weighted by Gasteiger charge is -2.16. The van der Waals surface area contributed by atoms with Crippen molar-refractivity contribution < 1.29 is 9.59 Å². The van der Waals surface area contributed by atoms with Gasteiger partial charge in [0.2, 0.25) is 0 Å². The highest BCUT2D eigenvalue weighted by molar-refractivity contribution is 6.22. The van der Waals surface area contributed by atoms with E-state index in [0.717, 1.165) is 0 Å². The maximum atomic E-state index is 12.1. The summed E-state index contributed by atoms with van der Waals surface area (Å²) in [6.45, 7) is 0. The molecule has 0 unspecified atom stereocenters. The van der Waals surface area contributed by atoms with Crippen molar-refractivity contribution in [3.05, 3.63) is 82.9 Å². The number of hydrogen-bond donors (Lipinski definition) is 3. The average Bonchev–Trinajstić information content (AvgIpc) is 3.01. The number of imide groups is 1. The molecule has 3 aromatic rings. The number of amides is 2. The van der Waals surface area contributed by atoms with Gasteiger partial charge in [-0.05, 0) is 48.5 Å². The number of nitrogens with one attached hydrogen (secondary N) is 3. The molecule has 1 heterocycles. The molecule has 7 nitrogen and oxygen atoms in total. The molecule has 4 rings (SSSR count). The van der Waals surface area contributed by atoms with E-state index in [2.05, 4.69) is 28.1 Å². The van der Waals surface area contributed by atoms with Crippen LogP contribution >= 0.6 is 0 Å². The zero-order valence-corrected chi connectivity index (χ0v) is 15.0. The first-order valence-corrected chi connectivity index (χ1v) is 8.65. The molecule has 0 spiro atoms. The zero-order chi connectivity index (χ0) is 20.4. The maximum absolute atomic E-state index is 12.1. The number of benzene rings is 3. The molecular formula is C22H13N5O2. The van der Waals surface area contributed by atoms with Crippen LogP contribution in [0.4, 0.5) is 22.7 Å². The van der Waals surface area contributed by atoms with Crippen LogP contribution in [0.25, 0.3) is 0 Å². The molecule has 0 atom stereocenters. The maximum Gasteiger partial charge on any atom is 0.259 e. The molecule has 0 radical (unpaired) electrons. The molecule has 0 saturated heterocycles. The Balaban J connectivity index is 1.78. The quantitative estimate of drug-likeness (QED) is 0.594. The van der Waals surface area contributed by atoms with E-state index in [1.165, 1.54) is 0 Å². The van der Waals surface area contributed by atoms with E-state index >= 15 is 0 Å². The molecule has 3 N–H and O–H groups in total. The van der Waals surface area contributed by atoms with Gasteiger partial charge in [-0.15, -0.1) is 0 Å². The number of nitrogens with zero attached hydrogens (tertiary/aromatic N) is 2. The van der Waals surface area contributed by atoms with Crippen LogP contribution < -0.4 is 16.0 Å². The van der Waals surface area contributed by atoms with E-state index in [4.69, 9.17) is 10.5 Å². The predicted octanol–water partition coefficient (Wildman–Crippen LogP) is 3.80. The van der Waals surface area contributed by atoms with Crippen LogP contribution in [0.5, 0.6) is 0 Å². The van der Waals surface area contributed by atoms with E-state index < -0.39 is 11.8 Å². The number of carbonyl (C=O) groups is 2. The van der Waals surface area contributed by atoms with Gasteiger partial charge in [-0.1, -0.05) is 12.1 Å². The van der Waals surface area contributed by atoms with Crippen LogP contribution in [0.15, 0.2) is 60.7 Å². The number of carbonyl (C=O) groups excluding carboxylic acids is 2. The molecule has 0 aliphatic carbocycles. The van der Waals surface area contributed by atoms with Crippen molar-refractivity contribution in [2.24, 2.45) is 0 Å². The fourth-order valence-corrected chi connectivity index (χ4v) is 3.06. The first kappa shape index (κ1) is 17.8. The number of fused-ring (bicyclic) bond motifs is 1. The summed E-state index contributed by atoms with van der Waals surface area (Å²) in [5, 5.41) is 26.9. The molecule has 0 fully saturated rings. The van der Waals surface area contributed by atoms with E-state index in [-0.39, 0.29) is 11.1 Å². The summed E-state index contributed by atoms with van der Waals surface area (Å²) in [6, 6.07) is 21.1. The van der Waals surface area contributed by atoms with Crippen LogP contribution in [0.1, 0.15) is 31.8 Å². The first-order chi connectivity index (χ1) is 14.1. The lowest BCUT2D eigenvalue weighted by atomic mass is 10.1. The minimum Gasteiger partial charge on any atom is -0.354 e. The molecule has 1 aliphatic heterocycles. The molecular weight excluding hydrogens is 366 g/mol. The SMILES string of the molecule is N#Cc1cccc(Nc2cc3c(cc2Nc2cccc(C#N)c2)C(=O)NC3=O)c1. The van der Waals surface area contributed by atoms with E-state index in [1.54, 1.807) is 60.7 Å². The second-order valence-corrected chi connectivity index (χ2v) is 6.36. The molecule has 0 saturated carbocycles. The van der Waals surface area contributed by atoms with Crippen LogP contribution in [0, 0.1) is 22.7 Å². The van der Waals surface area contributed by atoms with Crippen molar-refractivity contribution >= 4 is 34.6 Å². The highest BCUT2D eigenvalue weighted by Crippen LogP contribution is 2.33. The topological polar surface area (TPSA) is 118 Å². The molecule has 29 heavy (non-hydrogen) atoms. The Morgan fingerprint density at radius 1 is 0.690 bits per heavy atom. The fraction of sp³-hybridized carbons (Fsp3) is 0. The Bertz CT molecular complexity index is 1150. The van der Waals surface area contributed by atoms with Gasteiger partial charge in [0.25, 0.3) is 11.8 Å². The largest absolute Gasteiger partial charge is 0.354 e. The van der Waals surface area contributed by atoms with Gasteiger partial charge < -0.3 is 10.6 Å². The second kappa shape index (κ2) is 7.18. The minimum atomic E-state index is -0.461. The van der Waals surface area contributed by atoms with Crippen LogP contribution in [0.3, 0.4) is 0 Å². The third-order valence-electron chi connectivity index (χ3n) is 4.42. The lowest BCUT2D eigenvalue weighted by molar-refractivity contribution is 0.0879. The summed E-state index contributed by atoms with van der Waals surface area (Å²) in [5.41, 5.74) is 3.92. The van der Waals surface area contributed by atoms with Crippen molar-refractivity contribution in [3.8, 4) is 12.1 Å². The van der Waals surface area contributed by atoms with Gasteiger partial charge in [0, 0.05) is 11.4 Å². The van der Waals surface area contributed by atoms with E-state index in [9.17, 15) is 9.59 Å². The molecule has 7 heteroatoms. The standard InChI is InChI=1S/C22H13N5O2/c23-11-13-3-1-5-15(7-13)25-19-9-17-18(22(29)27-21(17)28)10-20(19)26-16-6-2-4-14(8-16)12-24/h1-10,25-26H,(H,27,28,29). The Morgan fingerprint density at radius 3 is 1.55 bits per heavy atom. The lowest BCUT2D eigenvalue weighted by Crippen LogP contribution is -2.19. The Labute approximate surface area is 166 Å². The normalized spacial score (nSPS) is 11.8. The van der Waals surface area contributed by atoms with Gasteiger partial charge in [-0.2, -0.15) is 10.5 Å². The second-order valence-electron chi connectivity index (χ2n) is 6.36. The van der Waals surface area contributed by atoms with Gasteiger partial charge in [0.15, 0.2) is 0 Å². The molecule has 1 aliphatic rings. The van der Waals surface area contributed by atoms with Crippen molar-refractivity contribution in [2.75, 3.05) is 10.6 Å². The van der Waals surface area contributed by atoms with Gasteiger partial charge in [-0.3, -0.25) is 14.9 Å². The average molecular weight is 379 g/mol. The predicted molar refractivity (Wildman–Crippen MR) is 107 cm³/mol. The summed E-state index contributed by atoms with van der Waals surface area (Å²) in [5.74, 6) is -0.922. The van der Waals surface area contributed by atoms with Gasteiger partial charge in [0.1, 0.15) is 0 Å². The summed E-state index contributed by atoms with van der Waals surface area (Å²) >= 11 is 0. The highest BCUT2D eigenvalue weighted by atomic mass is 16.2. The number of rotatable bonds is 4. The number of hydrogen-bond acceptors (Lipinski definition) is 6. The minimum absolute atomic E-state index is 0.269. The van der Waals surface area contributed by atoms with Crippen LogP contribution in [0.2, 0.25) is 0 Å². The van der Waals surface area contributed by atoms with Gasteiger partial charge in [0.05, 0.1) is 45.8 Å². The Hall–Kier alpha value is -4.62. The molecule has 138 valence electrons. The Morgan fingerprint density at radius 2 is 1.14 bits per heavy atom. The number of anilines is 4. The summed E-state index contributed by atoms with van der Waals surface area (Å²) in [7, 11) is 0. The molecule has 3 aromatic carbocycles. The molecule has 2 amide bonds. The summed E-state index contributed by atoms with van der Waals surface area (Å²) in [6.07, 6.45) is 0. The van der Waals surface area contributed by atoms with E-state index in [0.29, 0.717) is 33.9 Å². The fourth-order valence-electron chi connectivity index (χ4n) is 3.06. The van der Waals surface area contributed by atoms with Gasteiger partial charge >= 0.3 is 0 Å². The third kappa shape index (κ3) is 3.48. The van der Waals surface area contributed by atoms with Gasteiger partial charge in [-0.25, -0.2) is 0 Å². The number of nitriles is 2. The summed E-state index contributed by atoms with van der Waals surface area (Å²) < 4.78 is 0. The van der Waals surface area contributed by atoms with Crippen LogP contribution in [-0.4, -0.2) is 11.8 Å². The van der Waals surface area contributed by atoms with Crippen molar-refractivity contribution in [1.82, 2.24) is 5.32 Å². The molecule has 0 aromatic heterocycles. The van der Waals surface area contributed by atoms with E-state index in [1.807, 2.05) is 0 Å². The first-order valence-electron chi connectivity index (χ1n) is 8.65. The Kier molecular flexibility index (Phi) is 4.40. The monoisotopic (exact) mass is 379 g/mol. The van der Waals surface area contributed by atoms with Crippen molar-refractivity contribution in [3.63, 3.8) is 0 Å².